The number of hydrogen-bond acceptors (Lipinski definition) is 3. The van der Waals surface area contributed by atoms with Crippen molar-refractivity contribution in [2.24, 2.45) is 0 Å². The molecule has 22 heavy (non-hydrogen) atoms. The lowest BCUT2D eigenvalue weighted by atomic mass is 10.0. The highest BCUT2D eigenvalue weighted by Gasteiger charge is 2.20. The summed E-state index contributed by atoms with van der Waals surface area (Å²) in [6.07, 6.45) is -0.851. The van der Waals surface area contributed by atoms with E-state index >= 15 is 0 Å². The molecule has 1 heterocycles. The zero-order valence-electron chi connectivity index (χ0n) is 12.1. The van der Waals surface area contributed by atoms with E-state index in [1.165, 1.54) is 6.07 Å². The van der Waals surface area contributed by atoms with Crippen LogP contribution < -0.4 is 10.1 Å². The summed E-state index contributed by atoms with van der Waals surface area (Å²) in [6.45, 7) is 1.71. The molecule has 2 atom stereocenters. The Kier molecular flexibility index (Phi) is 5.34. The van der Waals surface area contributed by atoms with Crippen molar-refractivity contribution >= 4 is 29.1 Å². The number of rotatable bonds is 5. The molecule has 118 valence electrons. The molecule has 5 nitrogen and oxygen atoms in total. The average molecular weight is 343 g/mol. The van der Waals surface area contributed by atoms with Gasteiger partial charge in [0.2, 0.25) is 0 Å². The third kappa shape index (κ3) is 3.74. The lowest BCUT2D eigenvalue weighted by Gasteiger charge is -2.20. The number of hydrogen-bond donors (Lipinski definition) is 3. The summed E-state index contributed by atoms with van der Waals surface area (Å²) in [5, 5.41) is 13.5. The highest BCUT2D eigenvalue weighted by Crippen LogP contribution is 2.23. The van der Waals surface area contributed by atoms with Crippen molar-refractivity contribution in [1.29, 1.82) is 0 Å². The number of nitrogens with one attached hydrogen (secondary N) is 2. The van der Waals surface area contributed by atoms with Crippen LogP contribution in [0.1, 0.15) is 29.1 Å². The number of amides is 1. The number of benzene rings is 1. The van der Waals surface area contributed by atoms with Crippen molar-refractivity contribution in [2.45, 2.75) is 19.1 Å². The van der Waals surface area contributed by atoms with Gasteiger partial charge in [-0.15, -0.1) is 0 Å². The van der Waals surface area contributed by atoms with Gasteiger partial charge in [0.1, 0.15) is 16.6 Å². The normalized spacial score (nSPS) is 13.5. The molecule has 0 spiro atoms. The fraction of sp³-hybridized carbons (Fsp3) is 0.267. The summed E-state index contributed by atoms with van der Waals surface area (Å²) in [4.78, 5) is 14.7. The quantitative estimate of drug-likeness (QED) is 0.781. The molecule has 1 aromatic heterocycles. The van der Waals surface area contributed by atoms with E-state index in [1.807, 2.05) is 0 Å². The second-order valence-electron chi connectivity index (χ2n) is 4.83. The Hall–Kier alpha value is -1.69. The molecule has 2 unspecified atom stereocenters. The number of aromatic amines is 1. The number of methoxy groups -OCH3 is 1. The maximum Gasteiger partial charge on any atom is 0.268 e. The Morgan fingerprint density at radius 2 is 1.95 bits per heavy atom. The number of ether oxygens (including phenoxy) is 1. The third-order valence-corrected chi connectivity index (χ3v) is 3.95. The smallest absolute Gasteiger partial charge is 0.268 e. The van der Waals surface area contributed by atoms with Crippen LogP contribution >= 0.6 is 23.2 Å². The molecule has 0 aliphatic heterocycles. The molecule has 2 rings (SSSR count). The molecule has 7 heteroatoms. The molecular weight excluding hydrogens is 327 g/mol. The van der Waals surface area contributed by atoms with E-state index in [1.54, 1.807) is 38.3 Å². The Morgan fingerprint density at radius 3 is 2.45 bits per heavy atom. The van der Waals surface area contributed by atoms with E-state index in [9.17, 15) is 9.90 Å². The predicted molar refractivity (Wildman–Crippen MR) is 85.7 cm³/mol. The van der Waals surface area contributed by atoms with Gasteiger partial charge in [0, 0.05) is 0 Å². The molecule has 1 amide bonds. The molecular formula is C15H16Cl2N2O3. The van der Waals surface area contributed by atoms with Crippen molar-refractivity contribution in [3.8, 4) is 5.75 Å². The van der Waals surface area contributed by atoms with Gasteiger partial charge in [0.05, 0.1) is 24.3 Å². The van der Waals surface area contributed by atoms with Crippen LogP contribution in [0.2, 0.25) is 10.2 Å². The Bertz CT molecular complexity index is 636. The third-order valence-electron chi connectivity index (χ3n) is 3.26. The van der Waals surface area contributed by atoms with Crippen molar-refractivity contribution < 1.29 is 14.6 Å². The van der Waals surface area contributed by atoms with Gasteiger partial charge in [-0.3, -0.25) is 4.79 Å². The first-order valence-corrected chi connectivity index (χ1v) is 7.35. The van der Waals surface area contributed by atoms with Crippen LogP contribution in [0.4, 0.5) is 0 Å². The van der Waals surface area contributed by atoms with Crippen molar-refractivity contribution in [3.63, 3.8) is 0 Å². The first-order valence-electron chi connectivity index (χ1n) is 6.59. The minimum atomic E-state index is -0.851. The summed E-state index contributed by atoms with van der Waals surface area (Å²) >= 11 is 11.6. The molecule has 1 aromatic carbocycles. The van der Waals surface area contributed by atoms with Crippen molar-refractivity contribution in [1.82, 2.24) is 10.3 Å². The second kappa shape index (κ2) is 7.05. The van der Waals surface area contributed by atoms with Gasteiger partial charge in [0.25, 0.3) is 5.91 Å². The van der Waals surface area contributed by atoms with Gasteiger partial charge in [-0.2, -0.15) is 0 Å². The number of aliphatic hydroxyl groups is 1. The zero-order chi connectivity index (χ0) is 16.3. The minimum Gasteiger partial charge on any atom is -0.497 e. The van der Waals surface area contributed by atoms with E-state index in [0.717, 1.165) is 0 Å². The zero-order valence-corrected chi connectivity index (χ0v) is 13.6. The fourth-order valence-corrected chi connectivity index (χ4v) is 2.29. The number of halogens is 2. The van der Waals surface area contributed by atoms with Gasteiger partial charge < -0.3 is 20.1 Å². The molecule has 0 fully saturated rings. The number of carbonyl (C=O) groups is 1. The first kappa shape index (κ1) is 16.7. The Balaban J connectivity index is 2.03. The highest BCUT2D eigenvalue weighted by atomic mass is 35.5. The number of H-pyrrole nitrogens is 1. The Morgan fingerprint density at radius 1 is 1.32 bits per heavy atom. The summed E-state index contributed by atoms with van der Waals surface area (Å²) in [5.41, 5.74) is 0.917. The van der Waals surface area contributed by atoms with Crippen LogP contribution in [0.5, 0.6) is 5.75 Å². The van der Waals surface area contributed by atoms with Crippen LogP contribution in [-0.2, 0) is 0 Å². The predicted octanol–water partition coefficient (Wildman–Crippen LogP) is 3.18. The van der Waals surface area contributed by atoms with Crippen molar-refractivity contribution in [3.05, 3.63) is 51.8 Å². The standard InChI is InChI=1S/C15H16Cl2N2O3/c1-8(13(20)9-3-5-10(22-2)6-4-9)18-15(21)12-7-11(16)14(17)19-12/h3-8,13,19-20H,1-2H3,(H,18,21). The fourth-order valence-electron chi connectivity index (χ4n) is 1.98. The molecule has 3 N–H and O–H groups in total. The molecule has 0 saturated heterocycles. The highest BCUT2D eigenvalue weighted by molar-refractivity contribution is 6.41. The lowest BCUT2D eigenvalue weighted by Crippen LogP contribution is -2.37. The van der Waals surface area contributed by atoms with Crippen LogP contribution in [0.25, 0.3) is 0 Å². The maximum absolute atomic E-state index is 12.1. The number of aromatic nitrogens is 1. The van der Waals surface area contributed by atoms with Crippen LogP contribution in [0.15, 0.2) is 30.3 Å². The summed E-state index contributed by atoms with van der Waals surface area (Å²) in [5.74, 6) is 0.303. The van der Waals surface area contributed by atoms with E-state index in [4.69, 9.17) is 27.9 Å². The molecule has 0 radical (unpaired) electrons. The van der Waals surface area contributed by atoms with Gasteiger partial charge >= 0.3 is 0 Å². The van der Waals surface area contributed by atoms with E-state index < -0.39 is 18.1 Å². The minimum absolute atomic E-state index is 0.204. The average Bonchev–Trinajstić information content (AvgIpc) is 2.86. The van der Waals surface area contributed by atoms with Crippen LogP contribution in [0.3, 0.4) is 0 Å². The SMILES string of the molecule is COc1ccc(C(O)C(C)NC(=O)c2cc(Cl)c(Cl)[nH]2)cc1. The lowest BCUT2D eigenvalue weighted by molar-refractivity contribution is 0.0848. The monoisotopic (exact) mass is 342 g/mol. The molecule has 0 aliphatic carbocycles. The van der Waals surface area contributed by atoms with Gasteiger partial charge in [0.15, 0.2) is 0 Å². The first-order chi connectivity index (χ1) is 10.4. The summed E-state index contributed by atoms with van der Waals surface area (Å²) in [7, 11) is 1.57. The topological polar surface area (TPSA) is 74.3 Å². The molecule has 2 aromatic rings. The largest absolute Gasteiger partial charge is 0.497 e. The number of aliphatic hydroxyl groups excluding tert-OH is 1. The molecule has 0 saturated carbocycles. The van der Waals surface area contributed by atoms with E-state index in [-0.39, 0.29) is 15.9 Å². The molecule has 0 bridgehead atoms. The summed E-state index contributed by atoms with van der Waals surface area (Å²) in [6, 6.07) is 7.92. The van der Waals surface area contributed by atoms with Gasteiger partial charge in [-0.1, -0.05) is 35.3 Å². The van der Waals surface area contributed by atoms with E-state index in [0.29, 0.717) is 11.3 Å². The van der Waals surface area contributed by atoms with E-state index in [2.05, 4.69) is 10.3 Å². The number of carbonyl (C=O) groups excluding carboxylic acids is 1. The van der Waals surface area contributed by atoms with Gasteiger partial charge in [-0.25, -0.2) is 0 Å². The van der Waals surface area contributed by atoms with Crippen molar-refractivity contribution in [2.75, 3.05) is 7.11 Å². The van der Waals surface area contributed by atoms with Crippen LogP contribution in [0, 0.1) is 0 Å². The van der Waals surface area contributed by atoms with Gasteiger partial charge in [-0.05, 0) is 30.7 Å². The summed E-state index contributed by atoms with van der Waals surface area (Å²) < 4.78 is 5.06. The molecule has 0 aliphatic rings. The Labute approximate surface area is 138 Å². The maximum atomic E-state index is 12.1. The second-order valence-corrected chi connectivity index (χ2v) is 5.61. The van der Waals surface area contributed by atoms with Crippen LogP contribution in [-0.4, -0.2) is 29.1 Å².